The van der Waals surface area contributed by atoms with Crippen molar-refractivity contribution in [3.05, 3.63) is 0 Å². The molecule has 0 amide bonds. The van der Waals surface area contributed by atoms with Crippen molar-refractivity contribution in [1.29, 1.82) is 0 Å². The predicted molar refractivity (Wildman–Crippen MR) is 50.8 cm³/mol. The van der Waals surface area contributed by atoms with Crippen LogP contribution in [0, 0.1) is 11.3 Å². The van der Waals surface area contributed by atoms with Gasteiger partial charge in [-0.15, -0.1) is 0 Å². The van der Waals surface area contributed by atoms with Gasteiger partial charge in [0.15, 0.2) is 0 Å². The molecule has 1 unspecified atom stereocenters. The first-order valence-electron chi connectivity index (χ1n) is 4.83. The van der Waals surface area contributed by atoms with Gasteiger partial charge in [0, 0.05) is 5.75 Å². The maximum atomic E-state index is 11.0. The maximum Gasteiger partial charge on any atom is 0.0893 e. The highest BCUT2D eigenvalue weighted by Crippen LogP contribution is 2.50. The molecule has 0 spiro atoms. The summed E-state index contributed by atoms with van der Waals surface area (Å²) in [7, 11) is -1.08. The van der Waals surface area contributed by atoms with Crippen molar-refractivity contribution in [3.63, 3.8) is 0 Å². The molecule has 0 radical (unpaired) electrons. The number of fused-ring (bicyclic) bond motifs is 3. The molecule has 3 aliphatic carbocycles. The zero-order chi connectivity index (χ0) is 8.60. The van der Waals surface area contributed by atoms with Crippen LogP contribution < -0.4 is 5.14 Å². The van der Waals surface area contributed by atoms with Crippen molar-refractivity contribution < 1.29 is 4.21 Å². The van der Waals surface area contributed by atoms with Gasteiger partial charge in [-0.25, -0.2) is 4.21 Å². The Balaban J connectivity index is 2.03. The Morgan fingerprint density at radius 1 is 1.25 bits per heavy atom. The van der Waals surface area contributed by atoms with Crippen LogP contribution in [0.4, 0.5) is 0 Å². The lowest BCUT2D eigenvalue weighted by molar-refractivity contribution is 0.0869. The van der Waals surface area contributed by atoms with Crippen LogP contribution in [0.3, 0.4) is 0 Å². The highest BCUT2D eigenvalue weighted by atomic mass is 32.2. The Kier molecular flexibility index (Phi) is 2.25. The van der Waals surface area contributed by atoms with Crippen LogP contribution in [0.5, 0.6) is 0 Å². The summed E-state index contributed by atoms with van der Waals surface area (Å²) in [6.07, 6.45) is 7.91. The Hall–Kier alpha value is 0.110. The highest BCUT2D eigenvalue weighted by molar-refractivity contribution is 7.82. The quantitative estimate of drug-likeness (QED) is 0.700. The first kappa shape index (κ1) is 8.70. The zero-order valence-corrected chi connectivity index (χ0v) is 8.24. The third-order valence-electron chi connectivity index (χ3n) is 3.70. The Morgan fingerprint density at radius 2 is 1.75 bits per heavy atom. The van der Waals surface area contributed by atoms with Gasteiger partial charge in [0.2, 0.25) is 0 Å². The molecule has 3 heteroatoms. The van der Waals surface area contributed by atoms with Crippen molar-refractivity contribution >= 4 is 11.0 Å². The van der Waals surface area contributed by atoms with E-state index in [1.807, 2.05) is 0 Å². The summed E-state index contributed by atoms with van der Waals surface area (Å²) < 4.78 is 11.0. The molecule has 1 atom stereocenters. The highest BCUT2D eigenvalue weighted by Gasteiger charge is 2.40. The molecule has 3 aliphatic rings. The van der Waals surface area contributed by atoms with Crippen molar-refractivity contribution in [2.24, 2.45) is 16.5 Å². The summed E-state index contributed by atoms with van der Waals surface area (Å²) in [5.41, 5.74) is 0.383. The molecule has 0 heterocycles. The van der Waals surface area contributed by atoms with Gasteiger partial charge in [0.1, 0.15) is 0 Å². The SMILES string of the molecule is NS(=O)CC12CCC(CC1)CC2. The van der Waals surface area contributed by atoms with Gasteiger partial charge in [-0.3, -0.25) is 5.14 Å². The van der Waals surface area contributed by atoms with E-state index in [0.717, 1.165) is 11.7 Å². The molecule has 0 aromatic rings. The van der Waals surface area contributed by atoms with Crippen molar-refractivity contribution in [1.82, 2.24) is 0 Å². The van der Waals surface area contributed by atoms with Gasteiger partial charge in [-0.05, 0) is 49.9 Å². The second-order valence-corrected chi connectivity index (χ2v) is 5.56. The van der Waals surface area contributed by atoms with Gasteiger partial charge >= 0.3 is 0 Å². The van der Waals surface area contributed by atoms with Gasteiger partial charge in [0.05, 0.1) is 11.0 Å². The molecule has 3 saturated carbocycles. The van der Waals surface area contributed by atoms with Gasteiger partial charge in [-0.2, -0.15) is 0 Å². The monoisotopic (exact) mass is 187 g/mol. The van der Waals surface area contributed by atoms with E-state index in [1.165, 1.54) is 38.5 Å². The fourth-order valence-corrected chi connectivity index (χ4v) is 3.89. The molecular weight excluding hydrogens is 170 g/mol. The molecule has 3 rings (SSSR count). The largest absolute Gasteiger partial charge is 0.252 e. The second-order valence-electron chi connectivity index (χ2n) is 4.51. The number of nitrogens with two attached hydrogens (primary N) is 1. The smallest absolute Gasteiger partial charge is 0.0893 e. The molecule has 2 nitrogen and oxygen atoms in total. The average molecular weight is 187 g/mol. The molecule has 0 aromatic heterocycles. The van der Waals surface area contributed by atoms with E-state index >= 15 is 0 Å². The van der Waals surface area contributed by atoms with E-state index in [4.69, 9.17) is 5.14 Å². The van der Waals surface area contributed by atoms with Crippen LogP contribution >= 0.6 is 0 Å². The van der Waals surface area contributed by atoms with Gasteiger partial charge in [0.25, 0.3) is 0 Å². The number of hydrogen-bond donors (Lipinski definition) is 1. The summed E-state index contributed by atoms with van der Waals surface area (Å²) in [6, 6.07) is 0. The fraction of sp³-hybridized carbons (Fsp3) is 1.00. The molecular formula is C9H17NOS. The molecule has 0 aliphatic heterocycles. The Labute approximate surface area is 76.5 Å². The van der Waals surface area contributed by atoms with E-state index in [9.17, 15) is 4.21 Å². The van der Waals surface area contributed by atoms with E-state index in [0.29, 0.717) is 5.41 Å². The lowest BCUT2D eigenvalue weighted by Crippen LogP contribution is -2.39. The summed E-state index contributed by atoms with van der Waals surface area (Å²) in [5, 5.41) is 5.37. The normalized spacial score (nSPS) is 42.9. The van der Waals surface area contributed by atoms with Crippen LogP contribution in [0.15, 0.2) is 0 Å². The molecule has 2 bridgehead atoms. The van der Waals surface area contributed by atoms with E-state index in [-0.39, 0.29) is 0 Å². The molecule has 3 fully saturated rings. The number of hydrogen-bond acceptors (Lipinski definition) is 1. The minimum atomic E-state index is -1.08. The fourth-order valence-electron chi connectivity index (χ4n) is 2.86. The minimum Gasteiger partial charge on any atom is -0.252 e. The lowest BCUT2D eigenvalue weighted by Gasteiger charge is -2.46. The molecule has 12 heavy (non-hydrogen) atoms. The summed E-state index contributed by atoms with van der Waals surface area (Å²) in [6.45, 7) is 0. The van der Waals surface area contributed by atoms with Crippen LogP contribution in [0.25, 0.3) is 0 Å². The van der Waals surface area contributed by atoms with Crippen molar-refractivity contribution in [3.8, 4) is 0 Å². The molecule has 0 aromatic carbocycles. The van der Waals surface area contributed by atoms with E-state index < -0.39 is 11.0 Å². The standard InChI is InChI=1S/C9H17NOS/c10-12(11)7-9-4-1-8(2-5-9)3-6-9/h8H,1-7,10H2. The van der Waals surface area contributed by atoms with Crippen LogP contribution in [-0.2, 0) is 11.0 Å². The maximum absolute atomic E-state index is 11.0. The predicted octanol–water partition coefficient (Wildman–Crippen LogP) is 1.58. The van der Waals surface area contributed by atoms with Gasteiger partial charge in [-0.1, -0.05) is 0 Å². The third kappa shape index (κ3) is 1.57. The van der Waals surface area contributed by atoms with Crippen LogP contribution in [0.1, 0.15) is 38.5 Å². The second kappa shape index (κ2) is 3.11. The topological polar surface area (TPSA) is 43.1 Å². The van der Waals surface area contributed by atoms with Crippen molar-refractivity contribution in [2.45, 2.75) is 38.5 Å². The summed E-state index contributed by atoms with van der Waals surface area (Å²) >= 11 is 0. The lowest BCUT2D eigenvalue weighted by atomic mass is 9.62. The molecule has 2 N–H and O–H groups in total. The first-order valence-corrected chi connectivity index (χ1v) is 6.21. The number of rotatable bonds is 2. The van der Waals surface area contributed by atoms with Gasteiger partial charge < -0.3 is 0 Å². The van der Waals surface area contributed by atoms with E-state index in [2.05, 4.69) is 0 Å². The minimum absolute atomic E-state index is 0.383. The van der Waals surface area contributed by atoms with Crippen LogP contribution in [-0.4, -0.2) is 9.96 Å². The Bertz CT molecular complexity index is 183. The van der Waals surface area contributed by atoms with Crippen LogP contribution in [0.2, 0.25) is 0 Å². The zero-order valence-electron chi connectivity index (χ0n) is 7.42. The average Bonchev–Trinajstić information content (AvgIpc) is 2.05. The molecule has 0 saturated heterocycles. The summed E-state index contributed by atoms with van der Waals surface area (Å²) in [4.78, 5) is 0. The Morgan fingerprint density at radius 3 is 2.17 bits per heavy atom. The summed E-state index contributed by atoms with van der Waals surface area (Å²) in [5.74, 6) is 1.73. The molecule has 70 valence electrons. The first-order chi connectivity index (χ1) is 5.70. The van der Waals surface area contributed by atoms with E-state index in [1.54, 1.807) is 0 Å². The third-order valence-corrected chi connectivity index (χ3v) is 4.59. The van der Waals surface area contributed by atoms with Crippen molar-refractivity contribution in [2.75, 3.05) is 5.75 Å².